The molecule has 7 bridgehead atoms. The first-order valence-corrected chi connectivity index (χ1v) is 14.8. The van der Waals surface area contributed by atoms with Crippen LogP contribution < -0.4 is 0 Å². The van der Waals surface area contributed by atoms with Crippen molar-refractivity contribution in [1.82, 2.24) is 4.90 Å². The van der Waals surface area contributed by atoms with E-state index in [0.29, 0.717) is 24.8 Å². The molecule has 8 nitrogen and oxygen atoms in total. The summed E-state index contributed by atoms with van der Waals surface area (Å²) in [6.45, 7) is 7.32. The highest BCUT2D eigenvalue weighted by Crippen LogP contribution is 2.84. The summed E-state index contributed by atoms with van der Waals surface area (Å²) in [6.07, 6.45) is 1.44. The third-order valence-corrected chi connectivity index (χ3v) is 12.5. The summed E-state index contributed by atoms with van der Waals surface area (Å²) in [5.74, 6) is -1.66. The summed E-state index contributed by atoms with van der Waals surface area (Å²) < 4.78 is 11.8. The molecule has 1 aliphatic heterocycles. The lowest BCUT2D eigenvalue weighted by atomic mass is 9.37. The Morgan fingerprint density at radius 3 is 2.54 bits per heavy atom. The maximum Gasteiger partial charge on any atom is 0.338 e. The molecular weight excluding hydrogens is 498 g/mol. The van der Waals surface area contributed by atoms with Gasteiger partial charge in [-0.3, -0.25) is 9.69 Å². The minimum atomic E-state index is -1.72. The minimum absolute atomic E-state index is 0.0525. The number of hydrogen-bond acceptors (Lipinski definition) is 8. The van der Waals surface area contributed by atoms with Crippen LogP contribution in [0.5, 0.6) is 0 Å². The van der Waals surface area contributed by atoms with Crippen LogP contribution in [0.1, 0.15) is 63.2 Å². The number of carbonyl (C=O) groups excluding carboxylic acids is 2. The molecule has 1 heterocycles. The fourth-order valence-electron chi connectivity index (χ4n) is 11.7. The number of hydrogen-bond donors (Lipinski definition) is 3. The Morgan fingerprint density at radius 2 is 1.85 bits per heavy atom. The van der Waals surface area contributed by atoms with Gasteiger partial charge in [0.05, 0.1) is 17.8 Å². The van der Waals surface area contributed by atoms with Crippen molar-refractivity contribution >= 4 is 11.9 Å². The van der Waals surface area contributed by atoms with Crippen LogP contribution in [-0.2, 0) is 14.3 Å². The van der Waals surface area contributed by atoms with Crippen molar-refractivity contribution < 1.29 is 34.4 Å². The van der Waals surface area contributed by atoms with Gasteiger partial charge in [-0.2, -0.15) is 0 Å². The monoisotopic (exact) mass is 539 g/mol. The maximum atomic E-state index is 12.9. The number of benzene rings is 1. The largest absolute Gasteiger partial charge is 0.459 e. The normalized spacial score (nSPS) is 50.9. The molecule has 39 heavy (non-hydrogen) atoms. The minimum Gasteiger partial charge on any atom is -0.459 e. The SMILES string of the molecule is CCN1C[C@]2(C)CC[C@H](O)[C@]34C1C(CC23)C12CCC(C(O)C14)C(O)(COC(=O)c1ccccc1)C2OC(C)=O. The number of rotatable bonds is 5. The second-order valence-electron chi connectivity index (χ2n) is 13.8. The van der Waals surface area contributed by atoms with E-state index in [-0.39, 0.29) is 35.8 Å². The van der Waals surface area contributed by atoms with Gasteiger partial charge in [0.15, 0.2) is 0 Å². The molecule has 8 heteroatoms. The summed E-state index contributed by atoms with van der Waals surface area (Å²) in [6, 6.07) is 8.68. The van der Waals surface area contributed by atoms with Gasteiger partial charge in [0.2, 0.25) is 0 Å². The first-order valence-electron chi connectivity index (χ1n) is 14.8. The highest BCUT2D eigenvalue weighted by atomic mass is 16.6. The molecule has 212 valence electrons. The van der Waals surface area contributed by atoms with Crippen molar-refractivity contribution in [2.45, 2.75) is 82.8 Å². The molecule has 12 atom stereocenters. The molecule has 0 radical (unpaired) electrons. The van der Waals surface area contributed by atoms with Crippen molar-refractivity contribution in [2.24, 2.45) is 39.9 Å². The number of nitrogens with zero attached hydrogens (tertiary/aromatic N) is 1. The van der Waals surface area contributed by atoms with Crippen molar-refractivity contribution in [3.05, 3.63) is 35.9 Å². The number of esters is 2. The van der Waals surface area contributed by atoms with Crippen LogP contribution in [0.3, 0.4) is 0 Å². The van der Waals surface area contributed by atoms with E-state index < -0.39 is 52.6 Å². The van der Waals surface area contributed by atoms with Gasteiger partial charge in [0, 0.05) is 42.2 Å². The predicted molar refractivity (Wildman–Crippen MR) is 140 cm³/mol. The fourth-order valence-corrected chi connectivity index (χ4v) is 11.7. The van der Waals surface area contributed by atoms with E-state index in [0.717, 1.165) is 25.9 Å². The number of piperidine rings is 1. The van der Waals surface area contributed by atoms with E-state index in [1.165, 1.54) is 6.92 Å². The number of aliphatic hydroxyl groups excluding tert-OH is 2. The standard InChI is InChI=1S/C31H41NO7/c1-4-32-15-28(3)12-11-22(34)31-21(28)14-20(25(31)32)29-13-10-19(23(35)24(29)31)30(37,27(29)39-17(2)33)16-38-26(36)18-8-6-5-7-9-18/h5-9,19-25,27,34-35,37H,4,10-16H2,1-3H3/t19?,20?,21?,22-,23?,24?,25?,27?,28-,29?,30?,31+/m0/s1. The lowest BCUT2D eigenvalue weighted by Crippen LogP contribution is -2.78. The Hall–Kier alpha value is -2.00. The second kappa shape index (κ2) is 8.28. The van der Waals surface area contributed by atoms with Crippen LogP contribution in [0, 0.1) is 39.9 Å². The van der Waals surface area contributed by atoms with Gasteiger partial charge in [-0.05, 0) is 68.0 Å². The van der Waals surface area contributed by atoms with Crippen LogP contribution in [-0.4, -0.2) is 81.8 Å². The number of carbonyl (C=O) groups is 2. The molecule has 0 amide bonds. The Balaban J connectivity index is 1.34. The van der Waals surface area contributed by atoms with Crippen molar-refractivity contribution in [1.29, 1.82) is 0 Å². The van der Waals surface area contributed by atoms with Crippen LogP contribution in [0.2, 0.25) is 0 Å². The molecule has 8 rings (SSSR count). The summed E-state index contributed by atoms with van der Waals surface area (Å²) >= 11 is 0. The molecule has 1 aromatic rings. The average Bonchev–Trinajstić information content (AvgIpc) is 3.36. The summed E-state index contributed by atoms with van der Waals surface area (Å²) in [5, 5.41) is 36.5. The van der Waals surface area contributed by atoms with Crippen LogP contribution in [0.15, 0.2) is 30.3 Å². The Kier molecular flexibility index (Phi) is 5.50. The average molecular weight is 540 g/mol. The van der Waals surface area contributed by atoms with E-state index in [9.17, 15) is 24.9 Å². The lowest BCUT2D eigenvalue weighted by Gasteiger charge is -2.71. The molecule has 6 aliphatic carbocycles. The topological polar surface area (TPSA) is 117 Å². The third kappa shape index (κ3) is 2.94. The zero-order chi connectivity index (χ0) is 27.5. The lowest BCUT2D eigenvalue weighted by molar-refractivity contribution is -0.331. The summed E-state index contributed by atoms with van der Waals surface area (Å²) in [4.78, 5) is 28.0. The highest BCUT2D eigenvalue weighted by molar-refractivity contribution is 5.89. The Bertz CT molecular complexity index is 1190. The molecule has 1 saturated heterocycles. The molecular formula is C31H41NO7. The predicted octanol–water partition coefficient (Wildman–Crippen LogP) is 2.39. The maximum absolute atomic E-state index is 12.9. The number of fused-ring (bicyclic) bond motifs is 2. The van der Waals surface area contributed by atoms with Gasteiger partial charge in [0.25, 0.3) is 0 Å². The number of ether oxygens (including phenoxy) is 2. The van der Waals surface area contributed by atoms with E-state index in [2.05, 4.69) is 18.7 Å². The van der Waals surface area contributed by atoms with Crippen LogP contribution >= 0.6 is 0 Å². The van der Waals surface area contributed by atoms with Crippen molar-refractivity contribution in [3.63, 3.8) is 0 Å². The van der Waals surface area contributed by atoms with Gasteiger partial charge < -0.3 is 24.8 Å². The summed E-state index contributed by atoms with van der Waals surface area (Å²) in [5.41, 5.74) is -2.51. The van der Waals surface area contributed by atoms with Crippen LogP contribution in [0.4, 0.5) is 0 Å². The molecule has 9 unspecified atom stereocenters. The molecule has 6 saturated carbocycles. The van der Waals surface area contributed by atoms with E-state index in [1.807, 2.05) is 6.07 Å². The smallest absolute Gasteiger partial charge is 0.338 e. The quantitative estimate of drug-likeness (QED) is 0.489. The zero-order valence-corrected chi connectivity index (χ0v) is 23.1. The Labute approximate surface area is 229 Å². The molecule has 7 fully saturated rings. The highest BCUT2D eigenvalue weighted by Gasteiger charge is 2.89. The van der Waals surface area contributed by atoms with E-state index >= 15 is 0 Å². The summed E-state index contributed by atoms with van der Waals surface area (Å²) in [7, 11) is 0. The van der Waals surface area contributed by atoms with Crippen molar-refractivity contribution in [3.8, 4) is 0 Å². The van der Waals surface area contributed by atoms with Crippen LogP contribution in [0.25, 0.3) is 0 Å². The first-order chi connectivity index (χ1) is 18.6. The second-order valence-corrected chi connectivity index (χ2v) is 13.8. The van der Waals surface area contributed by atoms with Gasteiger partial charge in [0.1, 0.15) is 18.3 Å². The first kappa shape index (κ1) is 25.9. The Morgan fingerprint density at radius 1 is 1.10 bits per heavy atom. The number of likely N-dealkylation sites (tertiary alicyclic amines) is 1. The van der Waals surface area contributed by atoms with Gasteiger partial charge in [-0.15, -0.1) is 0 Å². The van der Waals surface area contributed by atoms with Gasteiger partial charge in [-0.25, -0.2) is 4.79 Å². The van der Waals surface area contributed by atoms with Gasteiger partial charge in [-0.1, -0.05) is 32.0 Å². The molecule has 2 spiro atoms. The molecule has 7 aliphatic rings. The van der Waals surface area contributed by atoms with E-state index in [1.54, 1.807) is 24.3 Å². The molecule has 3 N–H and O–H groups in total. The zero-order valence-electron chi connectivity index (χ0n) is 23.1. The number of aliphatic hydroxyl groups is 3. The molecule has 1 aromatic carbocycles. The van der Waals surface area contributed by atoms with E-state index in [4.69, 9.17) is 9.47 Å². The third-order valence-electron chi connectivity index (χ3n) is 12.5. The molecule has 0 aromatic heterocycles. The van der Waals surface area contributed by atoms with Gasteiger partial charge >= 0.3 is 11.9 Å². The fraction of sp³-hybridized carbons (Fsp3) is 0.742. The van der Waals surface area contributed by atoms with Crippen molar-refractivity contribution in [2.75, 3.05) is 19.7 Å².